The summed E-state index contributed by atoms with van der Waals surface area (Å²) >= 11 is 5.61. The number of nitrogens with one attached hydrogen (secondary N) is 2. The SMILES string of the molecule is CCC(NC(=S)Nc1ccc([N+](=O)[O-])cc1OC)C12CC3CC(CC(C3)C1)C2. The zero-order valence-corrected chi connectivity index (χ0v) is 17.4. The molecule has 5 rings (SSSR count). The molecule has 4 aliphatic rings. The third-order valence-corrected chi connectivity index (χ3v) is 7.40. The molecule has 0 spiro atoms. The molecule has 0 aromatic heterocycles. The minimum atomic E-state index is -0.428. The van der Waals surface area contributed by atoms with Crippen LogP contribution in [0.5, 0.6) is 5.75 Å². The van der Waals surface area contributed by atoms with Gasteiger partial charge in [-0.25, -0.2) is 0 Å². The summed E-state index contributed by atoms with van der Waals surface area (Å²) in [7, 11) is 1.50. The Morgan fingerprint density at radius 3 is 2.39 bits per heavy atom. The van der Waals surface area contributed by atoms with Gasteiger partial charge in [0.2, 0.25) is 0 Å². The maximum Gasteiger partial charge on any atom is 0.273 e. The van der Waals surface area contributed by atoms with E-state index in [1.165, 1.54) is 57.8 Å². The molecule has 6 nitrogen and oxygen atoms in total. The summed E-state index contributed by atoms with van der Waals surface area (Å²) in [5.41, 5.74) is 1.02. The fourth-order valence-corrected chi connectivity index (χ4v) is 6.76. The fraction of sp³-hybridized carbons (Fsp3) is 0.667. The van der Waals surface area contributed by atoms with Crippen molar-refractivity contribution < 1.29 is 9.66 Å². The predicted octanol–water partition coefficient (Wildman–Crippen LogP) is 4.88. The lowest BCUT2D eigenvalue weighted by Gasteiger charge is -2.59. The number of methoxy groups -OCH3 is 1. The van der Waals surface area contributed by atoms with E-state index in [2.05, 4.69) is 17.6 Å². The number of ether oxygens (including phenoxy) is 1. The van der Waals surface area contributed by atoms with Gasteiger partial charge in [-0.1, -0.05) is 6.92 Å². The van der Waals surface area contributed by atoms with Gasteiger partial charge in [-0.05, 0) is 86.4 Å². The highest BCUT2D eigenvalue weighted by Crippen LogP contribution is 2.61. The van der Waals surface area contributed by atoms with Gasteiger partial charge in [-0.15, -0.1) is 0 Å². The second-order valence-corrected chi connectivity index (χ2v) is 9.39. The molecule has 4 bridgehead atoms. The summed E-state index contributed by atoms with van der Waals surface area (Å²) in [6.45, 7) is 2.24. The molecule has 1 aromatic carbocycles. The van der Waals surface area contributed by atoms with Crippen LogP contribution in [0.15, 0.2) is 18.2 Å². The lowest BCUT2D eigenvalue weighted by atomic mass is 9.47. The molecule has 4 aliphatic carbocycles. The molecule has 0 amide bonds. The monoisotopic (exact) mass is 403 g/mol. The molecule has 4 fully saturated rings. The van der Waals surface area contributed by atoms with E-state index in [1.807, 2.05) is 0 Å². The van der Waals surface area contributed by atoms with E-state index in [4.69, 9.17) is 17.0 Å². The summed E-state index contributed by atoms with van der Waals surface area (Å²) in [5.74, 6) is 3.12. The van der Waals surface area contributed by atoms with Crippen molar-refractivity contribution in [1.29, 1.82) is 0 Å². The third-order valence-electron chi connectivity index (χ3n) is 7.18. The number of nitrogens with zero attached hydrogens (tertiary/aromatic N) is 1. The number of benzene rings is 1. The Bertz CT molecular complexity index is 747. The second kappa shape index (κ2) is 7.50. The van der Waals surface area contributed by atoms with Gasteiger partial charge in [0.1, 0.15) is 5.75 Å². The Hall–Kier alpha value is -1.89. The highest BCUT2D eigenvalue weighted by atomic mass is 32.1. The normalized spacial score (nSPS) is 31.3. The molecule has 1 atom stereocenters. The lowest BCUT2D eigenvalue weighted by molar-refractivity contribution is -0.384. The molecule has 28 heavy (non-hydrogen) atoms. The Morgan fingerprint density at radius 2 is 1.89 bits per heavy atom. The van der Waals surface area contributed by atoms with Gasteiger partial charge in [0.05, 0.1) is 23.8 Å². The Morgan fingerprint density at radius 1 is 1.29 bits per heavy atom. The third kappa shape index (κ3) is 3.56. The molecule has 1 aromatic rings. The Kier molecular flexibility index (Phi) is 5.21. The fourth-order valence-electron chi connectivity index (χ4n) is 6.51. The predicted molar refractivity (Wildman–Crippen MR) is 114 cm³/mol. The van der Waals surface area contributed by atoms with Crippen molar-refractivity contribution in [3.63, 3.8) is 0 Å². The Labute approximate surface area is 171 Å². The van der Waals surface area contributed by atoms with Crippen LogP contribution in [0, 0.1) is 33.3 Å². The van der Waals surface area contributed by atoms with Crippen molar-refractivity contribution in [1.82, 2.24) is 5.32 Å². The molecule has 0 heterocycles. The zero-order chi connectivity index (χ0) is 19.9. The summed E-state index contributed by atoms with van der Waals surface area (Å²) in [4.78, 5) is 10.6. The molecule has 152 valence electrons. The summed E-state index contributed by atoms with van der Waals surface area (Å²) in [6.07, 6.45) is 9.32. The number of nitro benzene ring substituents is 1. The van der Waals surface area contributed by atoms with Crippen LogP contribution in [0.25, 0.3) is 0 Å². The number of anilines is 1. The minimum absolute atomic E-state index is 0.00118. The molecule has 0 radical (unpaired) electrons. The van der Waals surface area contributed by atoms with E-state index in [0.717, 1.165) is 24.2 Å². The van der Waals surface area contributed by atoms with Crippen LogP contribution < -0.4 is 15.4 Å². The first-order valence-electron chi connectivity index (χ1n) is 10.3. The van der Waals surface area contributed by atoms with E-state index >= 15 is 0 Å². The quantitative estimate of drug-likeness (QED) is 0.400. The first kappa shape index (κ1) is 19.4. The van der Waals surface area contributed by atoms with Crippen molar-refractivity contribution in [2.75, 3.05) is 12.4 Å². The number of non-ortho nitro benzene ring substituents is 1. The van der Waals surface area contributed by atoms with Crippen molar-refractivity contribution >= 4 is 28.7 Å². The van der Waals surface area contributed by atoms with Gasteiger partial charge in [0.25, 0.3) is 5.69 Å². The van der Waals surface area contributed by atoms with E-state index in [-0.39, 0.29) is 5.69 Å². The van der Waals surface area contributed by atoms with Gasteiger partial charge >= 0.3 is 0 Å². The van der Waals surface area contributed by atoms with Crippen LogP contribution in [0.3, 0.4) is 0 Å². The molecular weight excluding hydrogens is 374 g/mol. The maximum absolute atomic E-state index is 11.0. The summed E-state index contributed by atoms with van der Waals surface area (Å²) in [5, 5.41) is 18.3. The van der Waals surface area contributed by atoms with Crippen LogP contribution in [-0.2, 0) is 0 Å². The highest BCUT2D eigenvalue weighted by Gasteiger charge is 2.53. The van der Waals surface area contributed by atoms with Crippen LogP contribution in [-0.4, -0.2) is 23.2 Å². The van der Waals surface area contributed by atoms with E-state index in [0.29, 0.717) is 28.0 Å². The second-order valence-electron chi connectivity index (χ2n) is 8.98. The zero-order valence-electron chi connectivity index (χ0n) is 16.6. The maximum atomic E-state index is 11.0. The molecular formula is C21H29N3O3S. The summed E-state index contributed by atoms with van der Waals surface area (Å²) in [6, 6.07) is 4.90. The van der Waals surface area contributed by atoms with Crippen molar-refractivity contribution in [2.45, 2.75) is 57.9 Å². The molecule has 4 saturated carbocycles. The minimum Gasteiger partial charge on any atom is -0.494 e. The first-order chi connectivity index (χ1) is 13.4. The molecule has 0 aliphatic heterocycles. The molecule has 0 saturated heterocycles. The van der Waals surface area contributed by atoms with Crippen LogP contribution >= 0.6 is 12.2 Å². The largest absolute Gasteiger partial charge is 0.494 e. The number of rotatable bonds is 6. The smallest absolute Gasteiger partial charge is 0.273 e. The topological polar surface area (TPSA) is 76.4 Å². The van der Waals surface area contributed by atoms with Gasteiger partial charge in [0.15, 0.2) is 5.11 Å². The van der Waals surface area contributed by atoms with Gasteiger partial charge < -0.3 is 15.4 Å². The lowest BCUT2D eigenvalue weighted by Crippen LogP contribution is -2.57. The van der Waals surface area contributed by atoms with E-state index in [9.17, 15) is 10.1 Å². The van der Waals surface area contributed by atoms with E-state index in [1.54, 1.807) is 6.07 Å². The van der Waals surface area contributed by atoms with Crippen LogP contribution in [0.4, 0.5) is 11.4 Å². The first-order valence-corrected chi connectivity index (χ1v) is 10.7. The van der Waals surface area contributed by atoms with Crippen molar-refractivity contribution in [2.24, 2.45) is 23.2 Å². The number of hydrogen-bond donors (Lipinski definition) is 2. The van der Waals surface area contributed by atoms with Gasteiger partial charge in [-0.3, -0.25) is 10.1 Å². The van der Waals surface area contributed by atoms with Gasteiger partial charge in [-0.2, -0.15) is 0 Å². The number of nitro groups is 1. The van der Waals surface area contributed by atoms with E-state index < -0.39 is 4.92 Å². The molecule has 7 heteroatoms. The number of hydrogen-bond acceptors (Lipinski definition) is 4. The van der Waals surface area contributed by atoms with Crippen LogP contribution in [0.2, 0.25) is 0 Å². The average molecular weight is 404 g/mol. The Balaban J connectivity index is 1.46. The standard InChI is InChI=1S/C21H29N3O3S/c1-3-19(21-10-13-6-14(11-21)8-15(7-13)12-21)23-20(28)22-17-5-4-16(24(25)26)9-18(17)27-2/h4-5,9,13-15,19H,3,6-8,10-12H2,1-2H3,(H2,22,23,28). The summed E-state index contributed by atoms with van der Waals surface area (Å²) < 4.78 is 5.31. The van der Waals surface area contributed by atoms with Gasteiger partial charge in [0, 0.05) is 12.1 Å². The van der Waals surface area contributed by atoms with Crippen LogP contribution in [0.1, 0.15) is 51.9 Å². The highest BCUT2D eigenvalue weighted by molar-refractivity contribution is 7.80. The van der Waals surface area contributed by atoms with Crippen molar-refractivity contribution in [3.05, 3.63) is 28.3 Å². The number of thiocarbonyl (C=S) groups is 1. The molecule has 1 unspecified atom stereocenters. The van der Waals surface area contributed by atoms with Crippen molar-refractivity contribution in [3.8, 4) is 5.75 Å². The molecule has 2 N–H and O–H groups in total. The average Bonchev–Trinajstić information content (AvgIpc) is 2.65.